The molecule has 0 aromatic heterocycles. The molecule has 11 heavy (non-hydrogen) atoms. The first kappa shape index (κ1) is 12.3. The van der Waals surface area contributed by atoms with Crippen molar-refractivity contribution in [2.75, 3.05) is 7.11 Å². The van der Waals surface area contributed by atoms with E-state index >= 15 is 0 Å². The van der Waals surface area contributed by atoms with Gasteiger partial charge in [-0.05, 0) is 0 Å². The van der Waals surface area contributed by atoms with Crippen LogP contribution in [0.15, 0.2) is 0 Å². The fourth-order valence-electron chi connectivity index (χ4n) is 0.202. The van der Waals surface area contributed by atoms with Crippen LogP contribution in [0.5, 0.6) is 0 Å². The molecule has 0 aromatic rings. The molecule has 0 radical (unpaired) electrons. The first-order chi connectivity index (χ1) is 5.04. The fraction of sp³-hybridized carbons (Fsp3) is 0.500. The molecule has 5 heteroatoms. The molecule has 0 atom stereocenters. The number of esters is 2. The normalized spacial score (nSPS) is 6.82. The van der Waals surface area contributed by atoms with Gasteiger partial charge in [-0.15, -0.1) is 0 Å². The van der Waals surface area contributed by atoms with Crippen molar-refractivity contribution in [3.8, 4) is 0 Å². The molecule has 0 rings (SSSR count). The SMILES string of the molecule is CC(=O)OC(C)=O.COC=O. The number of carbonyl (C=O) groups is 3. The van der Waals surface area contributed by atoms with E-state index in [0.717, 1.165) is 0 Å². The van der Waals surface area contributed by atoms with E-state index in [1.54, 1.807) is 0 Å². The van der Waals surface area contributed by atoms with Crippen LogP contribution in [0, 0.1) is 0 Å². The molecule has 0 saturated carbocycles. The van der Waals surface area contributed by atoms with Gasteiger partial charge >= 0.3 is 11.9 Å². The van der Waals surface area contributed by atoms with Crippen LogP contribution in [-0.4, -0.2) is 25.5 Å². The molecule has 5 nitrogen and oxygen atoms in total. The summed E-state index contributed by atoms with van der Waals surface area (Å²) in [5.41, 5.74) is 0. The summed E-state index contributed by atoms with van der Waals surface area (Å²) in [4.78, 5) is 28.6. The van der Waals surface area contributed by atoms with Crippen LogP contribution in [-0.2, 0) is 23.9 Å². The van der Waals surface area contributed by atoms with E-state index < -0.39 is 11.9 Å². The highest BCUT2D eigenvalue weighted by molar-refractivity contribution is 5.82. The molecule has 0 aliphatic heterocycles. The van der Waals surface area contributed by atoms with Gasteiger partial charge in [0.25, 0.3) is 6.47 Å². The number of ether oxygens (including phenoxy) is 2. The second-order valence-electron chi connectivity index (χ2n) is 1.42. The van der Waals surface area contributed by atoms with Crippen molar-refractivity contribution in [1.29, 1.82) is 0 Å². The summed E-state index contributed by atoms with van der Waals surface area (Å²) in [6.07, 6.45) is 0. The van der Waals surface area contributed by atoms with E-state index in [1.165, 1.54) is 21.0 Å². The highest BCUT2D eigenvalue weighted by Crippen LogP contribution is 1.73. The van der Waals surface area contributed by atoms with Gasteiger partial charge in [0.15, 0.2) is 0 Å². The molecule has 0 bridgehead atoms. The van der Waals surface area contributed by atoms with Crippen LogP contribution in [0.1, 0.15) is 13.8 Å². The predicted molar refractivity (Wildman–Crippen MR) is 35.5 cm³/mol. The third kappa shape index (κ3) is 28.9. The highest BCUT2D eigenvalue weighted by Gasteiger charge is 1.93. The Balaban J connectivity index is 0. The van der Waals surface area contributed by atoms with Gasteiger partial charge in [0.05, 0.1) is 7.11 Å². The van der Waals surface area contributed by atoms with Crippen LogP contribution in [0.25, 0.3) is 0 Å². The van der Waals surface area contributed by atoms with Crippen molar-refractivity contribution >= 4 is 18.4 Å². The molecular formula is C6H10O5. The van der Waals surface area contributed by atoms with Gasteiger partial charge in [-0.25, -0.2) is 0 Å². The lowest BCUT2D eigenvalue weighted by Crippen LogP contribution is -2.03. The van der Waals surface area contributed by atoms with Gasteiger partial charge in [-0.3, -0.25) is 14.4 Å². The fourth-order valence-corrected chi connectivity index (χ4v) is 0.202. The zero-order valence-electron chi connectivity index (χ0n) is 6.62. The lowest BCUT2D eigenvalue weighted by molar-refractivity contribution is -0.156. The predicted octanol–water partition coefficient (Wildman–Crippen LogP) is -0.115. The summed E-state index contributed by atoms with van der Waals surface area (Å²) in [6, 6.07) is 0. The molecule has 0 unspecified atom stereocenters. The summed E-state index contributed by atoms with van der Waals surface area (Å²) in [6.45, 7) is 2.74. The molecule has 0 N–H and O–H groups in total. The van der Waals surface area contributed by atoms with Gasteiger partial charge < -0.3 is 9.47 Å². The maximum absolute atomic E-state index is 9.81. The molecular weight excluding hydrogens is 152 g/mol. The van der Waals surface area contributed by atoms with Gasteiger partial charge in [-0.2, -0.15) is 0 Å². The monoisotopic (exact) mass is 162 g/mol. The highest BCUT2D eigenvalue weighted by atomic mass is 16.6. The summed E-state index contributed by atoms with van der Waals surface area (Å²) < 4.78 is 7.83. The van der Waals surface area contributed by atoms with Crippen LogP contribution in [0.2, 0.25) is 0 Å². The number of rotatable bonds is 1. The Morgan fingerprint density at radius 3 is 1.45 bits per heavy atom. The quantitative estimate of drug-likeness (QED) is 0.305. The van der Waals surface area contributed by atoms with Gasteiger partial charge in [-0.1, -0.05) is 0 Å². The maximum atomic E-state index is 9.81. The van der Waals surface area contributed by atoms with Gasteiger partial charge in [0, 0.05) is 13.8 Å². The smallest absolute Gasteiger partial charge is 0.310 e. The summed E-state index contributed by atoms with van der Waals surface area (Å²) in [7, 11) is 1.31. The van der Waals surface area contributed by atoms with Gasteiger partial charge in [0.2, 0.25) is 0 Å². The van der Waals surface area contributed by atoms with E-state index in [4.69, 9.17) is 4.79 Å². The average molecular weight is 162 g/mol. The van der Waals surface area contributed by atoms with E-state index in [0.29, 0.717) is 6.47 Å². The van der Waals surface area contributed by atoms with E-state index in [-0.39, 0.29) is 0 Å². The van der Waals surface area contributed by atoms with Crippen molar-refractivity contribution < 1.29 is 23.9 Å². The van der Waals surface area contributed by atoms with Crippen LogP contribution < -0.4 is 0 Å². The molecule has 0 heterocycles. The molecule has 64 valence electrons. The molecule has 0 saturated heterocycles. The average Bonchev–Trinajstić information content (AvgIpc) is 1.85. The van der Waals surface area contributed by atoms with Crippen molar-refractivity contribution in [2.24, 2.45) is 0 Å². The third-order valence-corrected chi connectivity index (χ3v) is 0.384. The van der Waals surface area contributed by atoms with Gasteiger partial charge in [0.1, 0.15) is 0 Å². The van der Waals surface area contributed by atoms with E-state index in [9.17, 15) is 9.59 Å². The Labute approximate surface area is 64.3 Å². The zero-order valence-corrected chi connectivity index (χ0v) is 6.62. The Kier molecular flexibility index (Phi) is 9.63. The Hall–Kier alpha value is -1.39. The minimum absolute atomic E-state index is 0.375. The molecule has 0 spiro atoms. The van der Waals surface area contributed by atoms with Crippen molar-refractivity contribution in [3.05, 3.63) is 0 Å². The van der Waals surface area contributed by atoms with Crippen molar-refractivity contribution in [2.45, 2.75) is 13.8 Å². The summed E-state index contributed by atoms with van der Waals surface area (Å²) in [5, 5.41) is 0. The first-order valence-electron chi connectivity index (χ1n) is 2.70. The minimum atomic E-state index is -0.562. The third-order valence-electron chi connectivity index (χ3n) is 0.384. The zero-order chi connectivity index (χ0) is 9.28. The first-order valence-corrected chi connectivity index (χ1v) is 2.70. The van der Waals surface area contributed by atoms with Crippen LogP contribution >= 0.6 is 0 Å². The number of hydrogen-bond donors (Lipinski definition) is 0. The lowest BCUT2D eigenvalue weighted by Gasteiger charge is -1.87. The molecule has 0 amide bonds. The molecule has 0 aromatic carbocycles. The minimum Gasteiger partial charge on any atom is -0.471 e. The number of hydrogen-bond acceptors (Lipinski definition) is 5. The summed E-state index contributed by atoms with van der Waals surface area (Å²) in [5.74, 6) is -1.12. The van der Waals surface area contributed by atoms with Crippen molar-refractivity contribution in [1.82, 2.24) is 0 Å². The lowest BCUT2D eigenvalue weighted by atomic mass is 10.7. The second-order valence-corrected chi connectivity index (χ2v) is 1.42. The standard InChI is InChI=1S/C4H6O3.C2H4O2/c1-3(5)7-4(2)6;1-4-2-3/h1-2H3;2H,1H3. The largest absolute Gasteiger partial charge is 0.471 e. The molecule has 0 aliphatic carbocycles. The Bertz CT molecular complexity index is 128. The van der Waals surface area contributed by atoms with E-state index in [1.807, 2.05) is 0 Å². The molecule has 0 aliphatic rings. The van der Waals surface area contributed by atoms with Crippen LogP contribution in [0.3, 0.4) is 0 Å². The number of carbonyl (C=O) groups excluding carboxylic acids is 3. The van der Waals surface area contributed by atoms with E-state index in [2.05, 4.69) is 9.47 Å². The number of methoxy groups -OCH3 is 1. The topological polar surface area (TPSA) is 69.7 Å². The Morgan fingerprint density at radius 2 is 1.45 bits per heavy atom. The maximum Gasteiger partial charge on any atom is 0.310 e. The Morgan fingerprint density at radius 1 is 1.18 bits per heavy atom. The van der Waals surface area contributed by atoms with Crippen molar-refractivity contribution in [3.63, 3.8) is 0 Å². The molecule has 0 fully saturated rings. The second kappa shape index (κ2) is 8.61. The summed E-state index contributed by atoms with van der Waals surface area (Å²) >= 11 is 0. The van der Waals surface area contributed by atoms with Crippen LogP contribution in [0.4, 0.5) is 0 Å².